The monoisotopic (exact) mass is 257 g/mol. The first kappa shape index (κ1) is 13.3. The quantitative estimate of drug-likeness (QED) is 0.914. The van der Waals surface area contributed by atoms with E-state index in [9.17, 15) is 0 Å². The zero-order valence-electron chi connectivity index (χ0n) is 11.6. The van der Waals surface area contributed by atoms with Gasteiger partial charge in [-0.2, -0.15) is 4.98 Å². The van der Waals surface area contributed by atoms with Crippen LogP contribution in [0.4, 0.5) is 5.82 Å². The summed E-state index contributed by atoms with van der Waals surface area (Å²) < 4.78 is 5.76. The Morgan fingerprint density at radius 3 is 2.47 bits per heavy atom. The first-order valence-electron chi connectivity index (χ1n) is 6.38. The highest BCUT2D eigenvalue weighted by molar-refractivity contribution is 5.44. The summed E-state index contributed by atoms with van der Waals surface area (Å²) >= 11 is 0. The van der Waals surface area contributed by atoms with Crippen molar-refractivity contribution in [1.29, 1.82) is 0 Å². The number of aromatic nitrogens is 2. The van der Waals surface area contributed by atoms with E-state index in [-0.39, 0.29) is 5.92 Å². The van der Waals surface area contributed by atoms with E-state index < -0.39 is 0 Å². The average Bonchev–Trinajstić information content (AvgIpc) is 2.41. The fraction of sp³-hybridized carbons (Fsp3) is 0.333. The SMILES string of the molecule is Cc1c(N)nc(C(C)C)nc1OCc1ccccc1. The van der Waals surface area contributed by atoms with Gasteiger partial charge >= 0.3 is 0 Å². The van der Waals surface area contributed by atoms with E-state index in [1.807, 2.05) is 51.1 Å². The standard InChI is InChI=1S/C15H19N3O/c1-10(2)14-17-13(16)11(3)15(18-14)19-9-12-7-5-4-6-8-12/h4-8,10H,9H2,1-3H3,(H2,16,17,18). The Hall–Kier alpha value is -2.10. The lowest BCUT2D eigenvalue weighted by atomic mass is 10.2. The third-order valence-electron chi connectivity index (χ3n) is 2.89. The minimum Gasteiger partial charge on any atom is -0.472 e. The molecule has 0 fully saturated rings. The molecule has 0 bridgehead atoms. The van der Waals surface area contributed by atoms with Crippen molar-refractivity contribution in [2.75, 3.05) is 5.73 Å². The average molecular weight is 257 g/mol. The van der Waals surface area contributed by atoms with E-state index in [0.29, 0.717) is 24.1 Å². The molecule has 2 aromatic rings. The van der Waals surface area contributed by atoms with Gasteiger partial charge in [0.05, 0.1) is 5.56 Å². The second-order valence-electron chi connectivity index (χ2n) is 4.83. The minimum atomic E-state index is 0.224. The fourth-order valence-corrected chi connectivity index (χ4v) is 1.65. The summed E-state index contributed by atoms with van der Waals surface area (Å²) in [6, 6.07) is 9.99. The lowest BCUT2D eigenvalue weighted by molar-refractivity contribution is 0.289. The predicted octanol–water partition coefficient (Wildman–Crippen LogP) is 3.07. The number of ether oxygens (including phenoxy) is 1. The summed E-state index contributed by atoms with van der Waals surface area (Å²) in [7, 11) is 0. The van der Waals surface area contributed by atoms with Crippen LogP contribution in [0.25, 0.3) is 0 Å². The van der Waals surface area contributed by atoms with E-state index in [4.69, 9.17) is 10.5 Å². The van der Waals surface area contributed by atoms with Gasteiger partial charge in [0.15, 0.2) is 0 Å². The smallest absolute Gasteiger partial charge is 0.222 e. The Bertz CT molecular complexity index is 553. The third-order valence-corrected chi connectivity index (χ3v) is 2.89. The second kappa shape index (κ2) is 5.69. The molecule has 0 saturated heterocycles. The van der Waals surface area contributed by atoms with Crippen molar-refractivity contribution < 1.29 is 4.74 Å². The zero-order chi connectivity index (χ0) is 13.8. The fourth-order valence-electron chi connectivity index (χ4n) is 1.65. The van der Waals surface area contributed by atoms with Gasteiger partial charge in [0.1, 0.15) is 18.2 Å². The van der Waals surface area contributed by atoms with Gasteiger partial charge in [-0.1, -0.05) is 44.2 Å². The summed E-state index contributed by atoms with van der Waals surface area (Å²) in [4.78, 5) is 8.71. The summed E-state index contributed by atoms with van der Waals surface area (Å²) in [6.45, 7) is 6.42. The number of nitrogens with two attached hydrogens (primary N) is 1. The first-order chi connectivity index (χ1) is 9.08. The second-order valence-corrected chi connectivity index (χ2v) is 4.83. The van der Waals surface area contributed by atoms with Crippen LogP contribution in [0.5, 0.6) is 5.88 Å². The van der Waals surface area contributed by atoms with Crippen LogP contribution in [0.3, 0.4) is 0 Å². The third kappa shape index (κ3) is 3.22. The number of hydrogen-bond donors (Lipinski definition) is 1. The molecular weight excluding hydrogens is 238 g/mol. The Labute approximate surface area is 113 Å². The van der Waals surface area contributed by atoms with E-state index in [1.54, 1.807) is 0 Å². The van der Waals surface area contributed by atoms with Crippen molar-refractivity contribution in [3.63, 3.8) is 0 Å². The molecule has 1 aromatic heterocycles. The van der Waals surface area contributed by atoms with Gasteiger partial charge in [0.2, 0.25) is 5.88 Å². The highest BCUT2D eigenvalue weighted by Gasteiger charge is 2.12. The minimum absolute atomic E-state index is 0.224. The van der Waals surface area contributed by atoms with Gasteiger partial charge < -0.3 is 10.5 Å². The molecule has 2 N–H and O–H groups in total. The Balaban J connectivity index is 2.20. The lowest BCUT2D eigenvalue weighted by Crippen LogP contribution is -2.08. The zero-order valence-corrected chi connectivity index (χ0v) is 11.6. The van der Waals surface area contributed by atoms with E-state index in [1.165, 1.54) is 0 Å². The van der Waals surface area contributed by atoms with Crippen LogP contribution in [0, 0.1) is 6.92 Å². The summed E-state index contributed by atoms with van der Waals surface area (Å²) in [5.74, 6) is 2.00. The van der Waals surface area contributed by atoms with Crippen LogP contribution in [0.2, 0.25) is 0 Å². The van der Waals surface area contributed by atoms with Gasteiger partial charge in [-0.15, -0.1) is 0 Å². The molecule has 0 spiro atoms. The Morgan fingerprint density at radius 2 is 1.84 bits per heavy atom. The maximum absolute atomic E-state index is 5.90. The number of hydrogen-bond acceptors (Lipinski definition) is 4. The van der Waals surface area contributed by atoms with E-state index in [0.717, 1.165) is 11.1 Å². The van der Waals surface area contributed by atoms with Crippen molar-refractivity contribution >= 4 is 5.82 Å². The van der Waals surface area contributed by atoms with Crippen molar-refractivity contribution in [1.82, 2.24) is 9.97 Å². The van der Waals surface area contributed by atoms with Crippen LogP contribution >= 0.6 is 0 Å². The lowest BCUT2D eigenvalue weighted by Gasteiger charge is -2.12. The molecule has 0 aliphatic carbocycles. The van der Waals surface area contributed by atoms with Crippen LogP contribution in [-0.4, -0.2) is 9.97 Å². The largest absolute Gasteiger partial charge is 0.472 e. The molecule has 0 radical (unpaired) electrons. The molecule has 2 rings (SSSR count). The Kier molecular flexibility index (Phi) is 4.00. The molecular formula is C15H19N3O. The molecule has 0 atom stereocenters. The van der Waals surface area contributed by atoms with Gasteiger partial charge in [-0.3, -0.25) is 0 Å². The highest BCUT2D eigenvalue weighted by Crippen LogP contribution is 2.23. The molecule has 0 aliphatic heterocycles. The summed E-state index contributed by atoms with van der Waals surface area (Å²) in [5.41, 5.74) is 7.79. The normalized spacial score (nSPS) is 10.7. The number of rotatable bonds is 4. The van der Waals surface area contributed by atoms with Gasteiger partial charge in [-0.05, 0) is 12.5 Å². The molecule has 0 aliphatic rings. The van der Waals surface area contributed by atoms with E-state index >= 15 is 0 Å². The molecule has 0 amide bonds. The van der Waals surface area contributed by atoms with Crippen molar-refractivity contribution in [2.24, 2.45) is 0 Å². The van der Waals surface area contributed by atoms with E-state index in [2.05, 4.69) is 9.97 Å². The molecule has 0 saturated carbocycles. The maximum atomic E-state index is 5.90. The number of nitrogens with zero attached hydrogens (tertiary/aromatic N) is 2. The predicted molar refractivity (Wildman–Crippen MR) is 76.0 cm³/mol. The summed E-state index contributed by atoms with van der Waals surface area (Å²) in [5, 5.41) is 0. The van der Waals surface area contributed by atoms with Gasteiger partial charge in [-0.25, -0.2) is 4.98 Å². The number of benzene rings is 1. The molecule has 4 heteroatoms. The van der Waals surface area contributed by atoms with Crippen LogP contribution < -0.4 is 10.5 Å². The number of anilines is 1. The number of nitrogen functional groups attached to an aromatic ring is 1. The van der Waals surface area contributed by atoms with Crippen molar-refractivity contribution in [2.45, 2.75) is 33.3 Å². The molecule has 1 aromatic carbocycles. The van der Waals surface area contributed by atoms with Crippen LogP contribution in [0.1, 0.15) is 36.7 Å². The van der Waals surface area contributed by atoms with Gasteiger partial charge in [0, 0.05) is 5.92 Å². The Morgan fingerprint density at radius 1 is 1.16 bits per heavy atom. The maximum Gasteiger partial charge on any atom is 0.222 e. The molecule has 100 valence electrons. The van der Waals surface area contributed by atoms with Crippen molar-refractivity contribution in [3.05, 3.63) is 47.3 Å². The summed E-state index contributed by atoms with van der Waals surface area (Å²) in [6.07, 6.45) is 0. The van der Waals surface area contributed by atoms with Gasteiger partial charge in [0.25, 0.3) is 0 Å². The van der Waals surface area contributed by atoms with Crippen LogP contribution in [-0.2, 0) is 6.61 Å². The molecule has 19 heavy (non-hydrogen) atoms. The van der Waals surface area contributed by atoms with Crippen LogP contribution in [0.15, 0.2) is 30.3 Å². The molecule has 4 nitrogen and oxygen atoms in total. The topological polar surface area (TPSA) is 61.0 Å². The molecule has 1 heterocycles. The first-order valence-corrected chi connectivity index (χ1v) is 6.38. The highest BCUT2D eigenvalue weighted by atomic mass is 16.5. The van der Waals surface area contributed by atoms with Crippen molar-refractivity contribution in [3.8, 4) is 5.88 Å². The molecule has 0 unspecified atom stereocenters.